The molecular weight excluding hydrogens is 300 g/mol. The smallest absolute Gasteiger partial charge is 0.270 e. The number of benzene rings is 1. The number of likely N-dealkylation sites (N-methyl/N-ethyl adjacent to an activating group) is 1. The Morgan fingerprint density at radius 2 is 2.12 bits per heavy atom. The molecule has 0 bridgehead atoms. The number of fused-ring (bicyclic) bond motifs is 1. The lowest BCUT2D eigenvalue weighted by Gasteiger charge is -2.29. The predicted octanol–water partition coefficient (Wildman–Crippen LogP) is 2.30. The molecule has 0 aliphatic carbocycles. The van der Waals surface area contributed by atoms with Gasteiger partial charge in [-0.25, -0.2) is 0 Å². The Balaban J connectivity index is 2.02. The maximum Gasteiger partial charge on any atom is 0.270 e. The van der Waals surface area contributed by atoms with Gasteiger partial charge in [-0.1, -0.05) is 32.0 Å². The second-order valence-corrected chi connectivity index (χ2v) is 5.84. The average molecular weight is 326 g/mol. The highest BCUT2D eigenvalue weighted by Gasteiger charge is 2.24. The first-order valence-corrected chi connectivity index (χ1v) is 8.67. The van der Waals surface area contributed by atoms with Crippen molar-refractivity contribution in [3.63, 3.8) is 0 Å². The SMILES string of the molecule is CCN(CC)CCN/C=C(/C#N)C(=O)N1CCCc2ccccc21. The van der Waals surface area contributed by atoms with E-state index in [1.54, 1.807) is 11.1 Å². The second kappa shape index (κ2) is 9.09. The lowest BCUT2D eigenvalue weighted by molar-refractivity contribution is -0.114. The van der Waals surface area contributed by atoms with Gasteiger partial charge >= 0.3 is 0 Å². The molecule has 128 valence electrons. The van der Waals surface area contributed by atoms with Gasteiger partial charge in [0.15, 0.2) is 0 Å². The van der Waals surface area contributed by atoms with Gasteiger partial charge in [-0.2, -0.15) is 5.26 Å². The van der Waals surface area contributed by atoms with Crippen molar-refractivity contribution in [3.8, 4) is 6.07 Å². The zero-order valence-corrected chi connectivity index (χ0v) is 14.6. The van der Waals surface area contributed by atoms with Gasteiger partial charge in [0.05, 0.1) is 0 Å². The van der Waals surface area contributed by atoms with Crippen LogP contribution in [0.15, 0.2) is 36.0 Å². The van der Waals surface area contributed by atoms with Crippen molar-refractivity contribution in [1.82, 2.24) is 10.2 Å². The summed E-state index contributed by atoms with van der Waals surface area (Å²) in [5, 5.41) is 12.5. The maximum atomic E-state index is 12.7. The second-order valence-electron chi connectivity index (χ2n) is 5.84. The van der Waals surface area contributed by atoms with E-state index in [9.17, 15) is 10.1 Å². The summed E-state index contributed by atoms with van der Waals surface area (Å²) in [6.45, 7) is 8.51. The minimum atomic E-state index is -0.222. The molecule has 1 aromatic rings. The highest BCUT2D eigenvalue weighted by molar-refractivity contribution is 6.08. The van der Waals surface area contributed by atoms with Crippen LogP contribution >= 0.6 is 0 Å². The van der Waals surface area contributed by atoms with Crippen molar-refractivity contribution in [2.75, 3.05) is 37.6 Å². The van der Waals surface area contributed by atoms with Crippen molar-refractivity contribution in [1.29, 1.82) is 5.26 Å². The van der Waals surface area contributed by atoms with Crippen LogP contribution in [0.2, 0.25) is 0 Å². The van der Waals surface area contributed by atoms with Crippen LogP contribution in [0.3, 0.4) is 0 Å². The standard InChI is InChI=1S/C19H26N4O/c1-3-22(4-2)13-11-21-15-17(14-20)19(24)23-12-7-9-16-8-5-6-10-18(16)23/h5-6,8,10,15,21H,3-4,7,9,11-13H2,1-2H3/b17-15-. The monoisotopic (exact) mass is 326 g/mol. The number of nitrogens with zero attached hydrogens (tertiary/aromatic N) is 3. The summed E-state index contributed by atoms with van der Waals surface area (Å²) in [6.07, 6.45) is 3.47. The molecule has 1 aliphatic heterocycles. The van der Waals surface area contributed by atoms with E-state index < -0.39 is 0 Å². The van der Waals surface area contributed by atoms with Crippen LogP contribution in [0.4, 0.5) is 5.69 Å². The number of nitriles is 1. The number of hydrogen-bond acceptors (Lipinski definition) is 4. The normalized spacial score (nSPS) is 14.2. The van der Waals surface area contributed by atoms with Gasteiger partial charge < -0.3 is 15.1 Å². The molecule has 0 saturated carbocycles. The zero-order valence-electron chi connectivity index (χ0n) is 14.6. The van der Waals surface area contributed by atoms with Crippen LogP contribution in [0.5, 0.6) is 0 Å². The summed E-state index contributed by atoms with van der Waals surface area (Å²) in [4.78, 5) is 16.7. The van der Waals surface area contributed by atoms with Crippen molar-refractivity contribution >= 4 is 11.6 Å². The van der Waals surface area contributed by atoms with Crippen molar-refractivity contribution in [2.24, 2.45) is 0 Å². The molecule has 0 atom stereocenters. The topological polar surface area (TPSA) is 59.4 Å². The summed E-state index contributed by atoms with van der Waals surface area (Å²) < 4.78 is 0. The van der Waals surface area contributed by atoms with Gasteiger partial charge in [0.1, 0.15) is 11.6 Å². The Morgan fingerprint density at radius 3 is 2.83 bits per heavy atom. The molecule has 0 radical (unpaired) electrons. The van der Waals surface area contributed by atoms with Crippen LogP contribution < -0.4 is 10.2 Å². The number of amides is 1. The van der Waals surface area contributed by atoms with E-state index in [0.29, 0.717) is 6.54 Å². The van der Waals surface area contributed by atoms with E-state index in [-0.39, 0.29) is 11.5 Å². The van der Waals surface area contributed by atoms with E-state index in [1.807, 2.05) is 30.3 Å². The van der Waals surface area contributed by atoms with Gasteiger partial charge in [0, 0.05) is 31.5 Å². The molecule has 0 spiro atoms. The van der Waals surface area contributed by atoms with E-state index in [0.717, 1.165) is 44.7 Å². The van der Waals surface area contributed by atoms with Gasteiger partial charge in [-0.05, 0) is 37.6 Å². The van der Waals surface area contributed by atoms with Crippen LogP contribution in [0.25, 0.3) is 0 Å². The zero-order chi connectivity index (χ0) is 17.4. The third-order valence-corrected chi connectivity index (χ3v) is 4.42. The number of para-hydroxylation sites is 1. The summed E-state index contributed by atoms with van der Waals surface area (Å²) >= 11 is 0. The predicted molar refractivity (Wildman–Crippen MR) is 96.6 cm³/mol. The third-order valence-electron chi connectivity index (χ3n) is 4.42. The number of nitrogens with one attached hydrogen (secondary N) is 1. The quantitative estimate of drug-likeness (QED) is 0.474. The van der Waals surface area contributed by atoms with E-state index >= 15 is 0 Å². The molecule has 0 aromatic heterocycles. The van der Waals surface area contributed by atoms with E-state index in [4.69, 9.17) is 0 Å². The van der Waals surface area contributed by atoms with Crippen LogP contribution in [0, 0.1) is 11.3 Å². The van der Waals surface area contributed by atoms with Crippen LogP contribution in [-0.4, -0.2) is 43.5 Å². The van der Waals surface area contributed by atoms with E-state index in [1.165, 1.54) is 5.56 Å². The highest BCUT2D eigenvalue weighted by atomic mass is 16.2. The molecule has 24 heavy (non-hydrogen) atoms. The Kier molecular flexibility index (Phi) is 6.83. The summed E-state index contributed by atoms with van der Waals surface area (Å²) in [6, 6.07) is 9.96. The molecule has 1 heterocycles. The van der Waals surface area contributed by atoms with E-state index in [2.05, 4.69) is 24.1 Å². The van der Waals surface area contributed by atoms with Gasteiger partial charge in [0.2, 0.25) is 0 Å². The lowest BCUT2D eigenvalue weighted by Crippen LogP contribution is -2.37. The van der Waals surface area contributed by atoms with Crippen molar-refractivity contribution in [3.05, 3.63) is 41.6 Å². The maximum absolute atomic E-state index is 12.7. The lowest BCUT2D eigenvalue weighted by atomic mass is 10.0. The minimum Gasteiger partial charge on any atom is -0.388 e. The fourth-order valence-corrected chi connectivity index (χ4v) is 2.97. The number of hydrogen-bond donors (Lipinski definition) is 1. The number of rotatable bonds is 7. The first kappa shape index (κ1) is 18.0. The molecule has 5 nitrogen and oxygen atoms in total. The number of aryl methyl sites for hydroxylation is 1. The fraction of sp³-hybridized carbons (Fsp3) is 0.474. The first-order valence-electron chi connectivity index (χ1n) is 8.67. The minimum absolute atomic E-state index is 0.159. The molecule has 0 saturated heterocycles. The number of anilines is 1. The first-order chi connectivity index (χ1) is 11.7. The van der Waals surface area contributed by atoms with Gasteiger partial charge in [-0.3, -0.25) is 4.79 Å². The Labute approximate surface area is 144 Å². The van der Waals surface area contributed by atoms with Gasteiger partial charge in [0.25, 0.3) is 5.91 Å². The molecule has 2 rings (SSSR count). The number of carbonyl (C=O) groups is 1. The Bertz CT molecular complexity index is 628. The molecule has 0 fully saturated rings. The summed E-state index contributed by atoms with van der Waals surface area (Å²) in [7, 11) is 0. The van der Waals surface area contributed by atoms with Gasteiger partial charge in [-0.15, -0.1) is 0 Å². The molecule has 5 heteroatoms. The molecule has 1 N–H and O–H groups in total. The molecular formula is C19H26N4O. The molecule has 1 aromatic carbocycles. The molecule has 1 amide bonds. The summed E-state index contributed by atoms with van der Waals surface area (Å²) in [5.41, 5.74) is 2.26. The number of carbonyl (C=O) groups excluding carboxylic acids is 1. The Hall–Kier alpha value is -2.32. The highest BCUT2D eigenvalue weighted by Crippen LogP contribution is 2.27. The van der Waals surface area contributed by atoms with Crippen LogP contribution in [0.1, 0.15) is 25.8 Å². The fourth-order valence-electron chi connectivity index (χ4n) is 2.97. The summed E-state index contributed by atoms with van der Waals surface area (Å²) in [5.74, 6) is -0.222. The Morgan fingerprint density at radius 1 is 1.38 bits per heavy atom. The molecule has 0 unspecified atom stereocenters. The van der Waals surface area contributed by atoms with Crippen molar-refractivity contribution < 1.29 is 4.79 Å². The largest absolute Gasteiger partial charge is 0.388 e. The van der Waals surface area contributed by atoms with Crippen LogP contribution in [-0.2, 0) is 11.2 Å². The average Bonchev–Trinajstić information content (AvgIpc) is 2.64. The third kappa shape index (κ3) is 4.36. The molecule has 1 aliphatic rings. The van der Waals surface area contributed by atoms with Crippen molar-refractivity contribution in [2.45, 2.75) is 26.7 Å².